The number of nitrogens with zero attached hydrogens (tertiary/aromatic N) is 1. The van der Waals surface area contributed by atoms with Gasteiger partial charge in [-0.25, -0.2) is 5.43 Å². The van der Waals surface area contributed by atoms with Crippen molar-refractivity contribution in [1.82, 2.24) is 10.7 Å². The maximum absolute atomic E-state index is 12.0. The van der Waals surface area contributed by atoms with E-state index in [1.807, 2.05) is 29.5 Å². The van der Waals surface area contributed by atoms with Crippen LogP contribution in [-0.2, 0) is 4.79 Å². The van der Waals surface area contributed by atoms with Gasteiger partial charge in [-0.2, -0.15) is 5.10 Å². The molecule has 0 atom stereocenters. The van der Waals surface area contributed by atoms with Crippen molar-refractivity contribution in [3.63, 3.8) is 0 Å². The van der Waals surface area contributed by atoms with Gasteiger partial charge in [-0.1, -0.05) is 23.2 Å². The molecule has 0 unspecified atom stereocenters. The number of hydrazone groups is 1. The van der Waals surface area contributed by atoms with Crippen LogP contribution in [0.5, 0.6) is 11.5 Å². The summed E-state index contributed by atoms with van der Waals surface area (Å²) in [5.74, 6) is -0.320. The van der Waals surface area contributed by atoms with Crippen LogP contribution in [0.2, 0.25) is 10.0 Å². The minimum atomic E-state index is -0.366. The van der Waals surface area contributed by atoms with Crippen LogP contribution in [0.25, 0.3) is 0 Å². The van der Waals surface area contributed by atoms with E-state index < -0.39 is 0 Å². The van der Waals surface area contributed by atoms with Gasteiger partial charge in [0.25, 0.3) is 5.91 Å². The topological polar surface area (TPSA) is 100 Å². The van der Waals surface area contributed by atoms with Crippen molar-refractivity contribution >= 4 is 63.8 Å². The van der Waals surface area contributed by atoms with Gasteiger partial charge in [-0.3, -0.25) is 9.59 Å². The van der Waals surface area contributed by atoms with Crippen molar-refractivity contribution in [2.75, 3.05) is 13.2 Å². The number of benzene rings is 2. The molecule has 0 aliphatic heterocycles. The molecular formula is C19H18Cl2IN3O4. The number of phenols is 1. The van der Waals surface area contributed by atoms with Crippen molar-refractivity contribution in [2.24, 2.45) is 5.10 Å². The fourth-order valence-corrected chi connectivity index (χ4v) is 3.12. The molecule has 0 saturated heterocycles. The zero-order valence-electron chi connectivity index (χ0n) is 15.3. The largest absolute Gasteiger partial charge is 0.504 e. The molecule has 0 radical (unpaired) electrons. The molecule has 10 heteroatoms. The fraction of sp³-hybridized carbons (Fsp3) is 0.211. The lowest BCUT2D eigenvalue weighted by molar-refractivity contribution is -0.120. The highest BCUT2D eigenvalue weighted by molar-refractivity contribution is 14.1. The summed E-state index contributed by atoms with van der Waals surface area (Å²) >= 11 is 13.7. The normalized spacial score (nSPS) is 10.8. The lowest BCUT2D eigenvalue weighted by Crippen LogP contribution is -2.29. The van der Waals surface area contributed by atoms with E-state index in [0.717, 1.165) is 0 Å². The lowest BCUT2D eigenvalue weighted by atomic mass is 10.2. The number of hydrogen-bond donors (Lipinski definition) is 3. The summed E-state index contributed by atoms with van der Waals surface area (Å²) in [6.07, 6.45) is 1.48. The average Bonchev–Trinajstić information content (AvgIpc) is 2.68. The summed E-state index contributed by atoms with van der Waals surface area (Å²) in [5, 5.41) is 17.1. The molecule has 0 aliphatic carbocycles. The van der Waals surface area contributed by atoms with E-state index in [1.165, 1.54) is 18.3 Å². The van der Waals surface area contributed by atoms with Crippen LogP contribution in [0, 0.1) is 3.57 Å². The van der Waals surface area contributed by atoms with E-state index >= 15 is 0 Å². The quantitative estimate of drug-likeness (QED) is 0.263. The van der Waals surface area contributed by atoms with Crippen LogP contribution < -0.4 is 15.5 Å². The highest BCUT2D eigenvalue weighted by Crippen LogP contribution is 2.32. The van der Waals surface area contributed by atoms with Gasteiger partial charge in [0.2, 0.25) is 5.91 Å². The SMILES string of the molecule is CCOc1cc(/C=N/NC(=O)CCNC(=O)c2ccc(Cl)c(Cl)c2)cc(I)c1O. The number of carbonyl (C=O) groups is 2. The maximum atomic E-state index is 12.0. The molecule has 2 amide bonds. The van der Waals surface area contributed by atoms with E-state index in [9.17, 15) is 14.7 Å². The molecule has 2 aromatic carbocycles. The summed E-state index contributed by atoms with van der Waals surface area (Å²) in [5.41, 5.74) is 3.39. The third kappa shape index (κ3) is 7.06. The summed E-state index contributed by atoms with van der Waals surface area (Å²) < 4.78 is 5.95. The molecule has 0 spiro atoms. The average molecular weight is 550 g/mol. The van der Waals surface area contributed by atoms with Gasteiger partial charge in [0, 0.05) is 18.5 Å². The monoisotopic (exact) mass is 549 g/mol. The Hall–Kier alpha value is -2.04. The second-order valence-electron chi connectivity index (χ2n) is 5.71. The minimum Gasteiger partial charge on any atom is -0.504 e. The van der Waals surface area contributed by atoms with Crippen LogP contribution in [0.4, 0.5) is 0 Å². The van der Waals surface area contributed by atoms with E-state index in [0.29, 0.717) is 32.1 Å². The molecule has 0 aromatic heterocycles. The van der Waals surface area contributed by atoms with Gasteiger partial charge in [0.15, 0.2) is 11.5 Å². The zero-order valence-corrected chi connectivity index (χ0v) is 19.0. The van der Waals surface area contributed by atoms with Crippen molar-refractivity contribution < 1.29 is 19.4 Å². The number of ether oxygens (including phenoxy) is 1. The first kappa shape index (κ1) is 23.2. The van der Waals surface area contributed by atoms with E-state index in [1.54, 1.807) is 18.2 Å². The molecule has 0 aliphatic rings. The maximum Gasteiger partial charge on any atom is 0.251 e. The molecule has 0 fully saturated rings. The number of hydrogen-bond acceptors (Lipinski definition) is 5. The summed E-state index contributed by atoms with van der Waals surface area (Å²) in [4.78, 5) is 23.9. The molecule has 0 bridgehead atoms. The van der Waals surface area contributed by atoms with Crippen molar-refractivity contribution in [3.05, 3.63) is 55.1 Å². The number of nitrogens with one attached hydrogen (secondary N) is 2. The fourth-order valence-electron chi connectivity index (χ4n) is 2.20. The first-order chi connectivity index (χ1) is 13.8. The van der Waals surface area contributed by atoms with Gasteiger partial charge in [-0.05, 0) is 65.4 Å². The second-order valence-corrected chi connectivity index (χ2v) is 7.69. The second kappa shape index (κ2) is 11.2. The standard InChI is InChI=1S/C19H18Cl2IN3O4/c1-2-29-16-8-11(7-15(22)18(16)27)10-24-25-17(26)5-6-23-19(28)12-3-4-13(20)14(21)9-12/h3-4,7-10,27H,2,5-6H2,1H3,(H,23,28)(H,25,26)/b24-10+. The van der Waals surface area contributed by atoms with Gasteiger partial charge >= 0.3 is 0 Å². The van der Waals surface area contributed by atoms with Gasteiger partial charge < -0.3 is 15.2 Å². The Morgan fingerprint density at radius 1 is 1.24 bits per heavy atom. The number of aromatic hydroxyl groups is 1. The van der Waals surface area contributed by atoms with Crippen molar-refractivity contribution in [3.8, 4) is 11.5 Å². The van der Waals surface area contributed by atoms with Crippen LogP contribution in [0.3, 0.4) is 0 Å². The van der Waals surface area contributed by atoms with Gasteiger partial charge in [0.05, 0.1) is 26.4 Å². The van der Waals surface area contributed by atoms with Crippen molar-refractivity contribution in [1.29, 1.82) is 0 Å². The van der Waals surface area contributed by atoms with Crippen LogP contribution in [-0.4, -0.2) is 36.3 Å². The number of halogens is 3. The minimum absolute atomic E-state index is 0.0434. The molecule has 29 heavy (non-hydrogen) atoms. The van der Waals surface area contributed by atoms with E-state index in [2.05, 4.69) is 15.8 Å². The third-order valence-corrected chi connectivity index (χ3v) is 5.13. The molecule has 2 rings (SSSR count). The highest BCUT2D eigenvalue weighted by atomic mass is 127. The first-order valence-electron chi connectivity index (χ1n) is 8.52. The highest BCUT2D eigenvalue weighted by Gasteiger charge is 2.10. The molecule has 7 nitrogen and oxygen atoms in total. The third-order valence-electron chi connectivity index (χ3n) is 3.57. The smallest absolute Gasteiger partial charge is 0.251 e. The number of amides is 2. The molecular weight excluding hydrogens is 532 g/mol. The van der Waals surface area contributed by atoms with Gasteiger partial charge in [0.1, 0.15) is 0 Å². The predicted molar refractivity (Wildman–Crippen MR) is 121 cm³/mol. The van der Waals surface area contributed by atoms with Gasteiger partial charge in [-0.15, -0.1) is 0 Å². The van der Waals surface area contributed by atoms with Crippen molar-refractivity contribution in [2.45, 2.75) is 13.3 Å². The van der Waals surface area contributed by atoms with Crippen LogP contribution >= 0.6 is 45.8 Å². The Bertz CT molecular complexity index is 938. The number of rotatable bonds is 8. The molecule has 154 valence electrons. The Balaban J connectivity index is 1.82. The lowest BCUT2D eigenvalue weighted by Gasteiger charge is -2.08. The number of phenolic OH excluding ortho intramolecular Hbond substituents is 1. The zero-order chi connectivity index (χ0) is 21.4. The summed E-state index contributed by atoms with van der Waals surface area (Å²) in [7, 11) is 0. The van der Waals surface area contributed by atoms with E-state index in [-0.39, 0.29) is 35.6 Å². The predicted octanol–water partition coefficient (Wildman–Crippen LogP) is 3.97. The number of carbonyl (C=O) groups excluding carboxylic acids is 2. The Morgan fingerprint density at radius 3 is 2.69 bits per heavy atom. The van der Waals surface area contributed by atoms with E-state index in [4.69, 9.17) is 27.9 Å². The summed E-state index contributed by atoms with van der Waals surface area (Å²) in [6, 6.07) is 7.85. The molecule has 2 aromatic rings. The Labute approximate surface area is 191 Å². The first-order valence-corrected chi connectivity index (χ1v) is 10.4. The van der Waals surface area contributed by atoms with Crippen LogP contribution in [0.1, 0.15) is 29.3 Å². The Kier molecular flexibility index (Phi) is 8.99. The Morgan fingerprint density at radius 2 is 2.00 bits per heavy atom. The molecule has 3 N–H and O–H groups in total. The van der Waals surface area contributed by atoms with Crippen LogP contribution in [0.15, 0.2) is 35.4 Å². The summed E-state index contributed by atoms with van der Waals surface area (Å²) in [6.45, 7) is 2.36. The molecule has 0 saturated carbocycles. The molecule has 0 heterocycles.